The monoisotopic (exact) mass is 261 g/mol. The van der Waals surface area contributed by atoms with E-state index in [4.69, 9.17) is 0 Å². The third kappa shape index (κ3) is 3.70. The zero-order chi connectivity index (χ0) is 13.7. The number of likely N-dealkylation sites (tertiary alicyclic amines) is 1. The molecule has 1 aliphatic heterocycles. The second kappa shape index (κ2) is 6.57. The molecule has 1 unspecified atom stereocenters. The quantitative estimate of drug-likeness (QED) is 0.785. The maximum absolute atomic E-state index is 11.7. The molecule has 104 valence electrons. The number of nitrogens with zero attached hydrogens (tertiary/aromatic N) is 2. The number of hydrogen-bond donors (Lipinski definition) is 1. The molecule has 1 atom stereocenters. The number of likely N-dealkylation sites (N-methyl/N-ethyl adjacent to an activating group) is 1. The first-order valence-corrected chi connectivity index (χ1v) is 6.93. The number of benzene rings is 1. The lowest BCUT2D eigenvalue weighted by Crippen LogP contribution is -2.38. The highest BCUT2D eigenvalue weighted by Gasteiger charge is 2.27. The summed E-state index contributed by atoms with van der Waals surface area (Å²) in [7, 11) is 3.97. The van der Waals surface area contributed by atoms with Crippen molar-refractivity contribution >= 4 is 11.6 Å². The van der Waals surface area contributed by atoms with Gasteiger partial charge in [0.05, 0.1) is 6.04 Å². The molecule has 19 heavy (non-hydrogen) atoms. The van der Waals surface area contributed by atoms with Crippen LogP contribution in [0.5, 0.6) is 0 Å². The van der Waals surface area contributed by atoms with Crippen LogP contribution >= 0.6 is 0 Å². The van der Waals surface area contributed by atoms with E-state index in [0.29, 0.717) is 0 Å². The van der Waals surface area contributed by atoms with Crippen LogP contribution in [-0.4, -0.2) is 50.6 Å². The number of carbonyl (C=O) groups excluding carboxylic acids is 1. The molecule has 1 fully saturated rings. The van der Waals surface area contributed by atoms with Crippen LogP contribution in [0.15, 0.2) is 30.3 Å². The Bertz CT molecular complexity index is 407. The summed E-state index contributed by atoms with van der Waals surface area (Å²) in [6.45, 7) is 2.76. The van der Waals surface area contributed by atoms with Crippen LogP contribution in [0.2, 0.25) is 0 Å². The molecule has 0 radical (unpaired) electrons. The van der Waals surface area contributed by atoms with E-state index in [9.17, 15) is 4.79 Å². The van der Waals surface area contributed by atoms with Crippen molar-refractivity contribution in [1.82, 2.24) is 10.2 Å². The maximum atomic E-state index is 11.7. The standard InChI is InChI=1S/C15H23N3O/c1-17(13-7-4-3-5-8-13)11-6-10-16-14-9-12-18(2)15(14)19/h3-5,7-8,14,16H,6,9-12H2,1-2H3. The molecule has 4 heteroatoms. The van der Waals surface area contributed by atoms with Crippen molar-refractivity contribution in [3.8, 4) is 0 Å². The van der Waals surface area contributed by atoms with Crippen molar-refractivity contribution in [1.29, 1.82) is 0 Å². The van der Waals surface area contributed by atoms with Gasteiger partial charge in [0.25, 0.3) is 0 Å². The van der Waals surface area contributed by atoms with Gasteiger partial charge in [-0.2, -0.15) is 0 Å². The fraction of sp³-hybridized carbons (Fsp3) is 0.533. The number of carbonyl (C=O) groups is 1. The van der Waals surface area contributed by atoms with Gasteiger partial charge in [0.2, 0.25) is 5.91 Å². The molecule has 2 rings (SSSR count). The zero-order valence-corrected chi connectivity index (χ0v) is 11.8. The van der Waals surface area contributed by atoms with Gasteiger partial charge in [0.15, 0.2) is 0 Å². The molecule has 0 aromatic heterocycles. The fourth-order valence-corrected chi connectivity index (χ4v) is 2.42. The Labute approximate surface area is 115 Å². The molecule has 0 saturated carbocycles. The van der Waals surface area contributed by atoms with Gasteiger partial charge in [-0.3, -0.25) is 4.79 Å². The summed E-state index contributed by atoms with van der Waals surface area (Å²) < 4.78 is 0. The molecule has 1 aliphatic rings. The first-order chi connectivity index (χ1) is 9.18. The Morgan fingerprint density at radius 3 is 2.74 bits per heavy atom. The second-order valence-electron chi connectivity index (χ2n) is 5.17. The molecular formula is C15H23N3O. The molecule has 1 amide bonds. The van der Waals surface area contributed by atoms with Crippen molar-refractivity contribution in [2.24, 2.45) is 0 Å². The maximum Gasteiger partial charge on any atom is 0.239 e. The Balaban J connectivity index is 1.66. The Kier molecular flexibility index (Phi) is 4.80. The van der Waals surface area contributed by atoms with Crippen LogP contribution in [0.3, 0.4) is 0 Å². The highest BCUT2D eigenvalue weighted by atomic mass is 16.2. The smallest absolute Gasteiger partial charge is 0.239 e. The molecule has 1 saturated heterocycles. The van der Waals surface area contributed by atoms with Crippen LogP contribution in [0, 0.1) is 0 Å². The molecular weight excluding hydrogens is 238 g/mol. The van der Waals surface area contributed by atoms with E-state index in [1.54, 1.807) is 4.90 Å². The summed E-state index contributed by atoms with van der Waals surface area (Å²) in [6.07, 6.45) is 1.97. The van der Waals surface area contributed by atoms with E-state index in [1.807, 2.05) is 13.1 Å². The largest absolute Gasteiger partial charge is 0.375 e. The van der Waals surface area contributed by atoms with E-state index in [0.717, 1.165) is 32.5 Å². The van der Waals surface area contributed by atoms with Gasteiger partial charge in [0.1, 0.15) is 0 Å². The highest BCUT2D eigenvalue weighted by molar-refractivity contribution is 5.83. The van der Waals surface area contributed by atoms with Crippen LogP contribution in [0.4, 0.5) is 5.69 Å². The number of nitrogens with one attached hydrogen (secondary N) is 1. The number of amides is 1. The highest BCUT2D eigenvalue weighted by Crippen LogP contribution is 2.11. The average molecular weight is 261 g/mol. The predicted molar refractivity (Wildman–Crippen MR) is 78.4 cm³/mol. The fourth-order valence-electron chi connectivity index (χ4n) is 2.42. The molecule has 1 aromatic carbocycles. The molecule has 0 aliphatic carbocycles. The Morgan fingerprint density at radius 2 is 2.11 bits per heavy atom. The summed E-state index contributed by atoms with van der Waals surface area (Å²) in [5.41, 5.74) is 1.24. The summed E-state index contributed by atoms with van der Waals surface area (Å²) in [5, 5.41) is 3.35. The number of hydrogen-bond acceptors (Lipinski definition) is 3. The average Bonchev–Trinajstić information content (AvgIpc) is 2.76. The van der Waals surface area contributed by atoms with Crippen molar-refractivity contribution in [2.75, 3.05) is 38.6 Å². The molecule has 1 heterocycles. The minimum atomic E-state index is 0.0343. The van der Waals surface area contributed by atoms with Gasteiger partial charge < -0.3 is 15.1 Å². The van der Waals surface area contributed by atoms with Gasteiger partial charge in [-0.15, -0.1) is 0 Å². The van der Waals surface area contributed by atoms with E-state index in [2.05, 4.69) is 41.5 Å². The first-order valence-electron chi connectivity index (χ1n) is 6.93. The van der Waals surface area contributed by atoms with Crippen LogP contribution in [0.25, 0.3) is 0 Å². The topological polar surface area (TPSA) is 35.6 Å². The second-order valence-corrected chi connectivity index (χ2v) is 5.17. The summed E-state index contributed by atoms with van der Waals surface area (Å²) >= 11 is 0. The van der Waals surface area contributed by atoms with Gasteiger partial charge in [0, 0.05) is 32.9 Å². The van der Waals surface area contributed by atoms with Gasteiger partial charge >= 0.3 is 0 Å². The van der Waals surface area contributed by atoms with Gasteiger partial charge in [-0.25, -0.2) is 0 Å². The lowest BCUT2D eigenvalue weighted by molar-refractivity contribution is -0.128. The predicted octanol–water partition coefficient (Wildman–Crippen LogP) is 1.33. The number of anilines is 1. The molecule has 1 aromatic rings. The van der Waals surface area contributed by atoms with Crippen molar-refractivity contribution in [2.45, 2.75) is 18.9 Å². The van der Waals surface area contributed by atoms with Gasteiger partial charge in [-0.05, 0) is 31.5 Å². The minimum Gasteiger partial charge on any atom is -0.375 e. The Hall–Kier alpha value is -1.55. The molecule has 0 bridgehead atoms. The summed E-state index contributed by atoms with van der Waals surface area (Å²) in [4.78, 5) is 15.7. The van der Waals surface area contributed by atoms with Crippen molar-refractivity contribution < 1.29 is 4.79 Å². The third-order valence-electron chi connectivity index (χ3n) is 3.69. The van der Waals surface area contributed by atoms with E-state index >= 15 is 0 Å². The lowest BCUT2D eigenvalue weighted by Gasteiger charge is -2.19. The lowest BCUT2D eigenvalue weighted by atomic mass is 10.2. The SMILES string of the molecule is CN1CCC(NCCCN(C)c2ccccc2)C1=O. The van der Waals surface area contributed by atoms with Crippen LogP contribution in [0.1, 0.15) is 12.8 Å². The van der Waals surface area contributed by atoms with Crippen molar-refractivity contribution in [3.05, 3.63) is 30.3 Å². The Morgan fingerprint density at radius 1 is 1.37 bits per heavy atom. The number of rotatable bonds is 6. The normalized spacial score (nSPS) is 18.9. The van der Waals surface area contributed by atoms with E-state index in [1.165, 1.54) is 5.69 Å². The third-order valence-corrected chi connectivity index (χ3v) is 3.69. The van der Waals surface area contributed by atoms with E-state index in [-0.39, 0.29) is 11.9 Å². The molecule has 0 spiro atoms. The molecule has 1 N–H and O–H groups in total. The minimum absolute atomic E-state index is 0.0343. The van der Waals surface area contributed by atoms with Gasteiger partial charge in [-0.1, -0.05) is 18.2 Å². The van der Waals surface area contributed by atoms with Crippen LogP contribution < -0.4 is 10.2 Å². The zero-order valence-electron chi connectivity index (χ0n) is 11.8. The number of para-hydroxylation sites is 1. The van der Waals surface area contributed by atoms with Crippen LogP contribution in [-0.2, 0) is 4.79 Å². The summed E-state index contributed by atoms with van der Waals surface area (Å²) in [5.74, 6) is 0.233. The summed E-state index contributed by atoms with van der Waals surface area (Å²) in [6, 6.07) is 10.4. The molecule has 4 nitrogen and oxygen atoms in total. The van der Waals surface area contributed by atoms with Crippen molar-refractivity contribution in [3.63, 3.8) is 0 Å². The van der Waals surface area contributed by atoms with E-state index < -0.39 is 0 Å². The first kappa shape index (κ1) is 13.9.